The van der Waals surface area contributed by atoms with E-state index in [0.717, 1.165) is 12.8 Å². The van der Waals surface area contributed by atoms with Crippen LogP contribution in [-0.4, -0.2) is 60.1 Å². The Kier molecular flexibility index (Phi) is 4.06. The molecule has 0 aromatic heterocycles. The largest absolute Gasteiger partial charge is 0.450 e. The van der Waals surface area contributed by atoms with E-state index in [0.29, 0.717) is 32.7 Å². The minimum absolute atomic E-state index is 0.0272. The third-order valence-corrected chi connectivity index (χ3v) is 3.62. The summed E-state index contributed by atoms with van der Waals surface area (Å²) in [5, 5.41) is 0. The monoisotopic (exact) mass is 255 g/mol. The number of carbonyl (C=O) groups is 2. The molecular weight excluding hydrogens is 234 g/mol. The van der Waals surface area contributed by atoms with Crippen LogP contribution in [0.15, 0.2) is 0 Å². The van der Waals surface area contributed by atoms with E-state index in [1.807, 2.05) is 4.90 Å². The number of amides is 2. The number of hydrogen-bond donors (Lipinski definition) is 1. The number of nitrogens with zero attached hydrogens (tertiary/aromatic N) is 2. The molecule has 1 unspecified atom stereocenters. The van der Waals surface area contributed by atoms with Crippen LogP contribution >= 0.6 is 0 Å². The lowest BCUT2D eigenvalue weighted by Gasteiger charge is -2.36. The molecule has 6 heteroatoms. The fourth-order valence-corrected chi connectivity index (χ4v) is 2.69. The summed E-state index contributed by atoms with van der Waals surface area (Å²) < 4.78 is 4.97. The average Bonchev–Trinajstić information content (AvgIpc) is 2.69. The number of hydrogen-bond acceptors (Lipinski definition) is 4. The van der Waals surface area contributed by atoms with Crippen LogP contribution in [0.5, 0.6) is 0 Å². The van der Waals surface area contributed by atoms with Gasteiger partial charge in [-0.25, -0.2) is 4.79 Å². The molecule has 2 heterocycles. The molecule has 6 nitrogen and oxygen atoms in total. The molecule has 0 radical (unpaired) electrons. The molecule has 2 amide bonds. The molecule has 0 aromatic rings. The van der Waals surface area contributed by atoms with Crippen molar-refractivity contribution in [3.8, 4) is 0 Å². The lowest BCUT2D eigenvalue weighted by atomic mass is 10.0. The van der Waals surface area contributed by atoms with Crippen LogP contribution in [0.3, 0.4) is 0 Å². The van der Waals surface area contributed by atoms with Gasteiger partial charge >= 0.3 is 6.09 Å². The number of piperidine rings is 1. The first-order valence-electron chi connectivity index (χ1n) is 6.58. The maximum atomic E-state index is 11.7. The van der Waals surface area contributed by atoms with Crippen LogP contribution in [0.1, 0.15) is 26.2 Å². The second-order valence-electron chi connectivity index (χ2n) is 4.93. The second kappa shape index (κ2) is 5.56. The molecule has 1 atom stereocenters. The van der Waals surface area contributed by atoms with Crippen molar-refractivity contribution in [3.05, 3.63) is 0 Å². The van der Waals surface area contributed by atoms with Crippen LogP contribution in [0, 0.1) is 0 Å². The normalized spacial score (nSPS) is 25.7. The molecule has 0 saturated carbocycles. The standard InChI is InChI=1S/C12H21N3O3/c1-2-18-12(17)14-5-3-10(4-6-14)15-8-9(13)7-11(15)16/h9-10H,2-8,13H2,1H3. The van der Waals surface area contributed by atoms with E-state index in [4.69, 9.17) is 10.5 Å². The Morgan fingerprint density at radius 3 is 2.61 bits per heavy atom. The van der Waals surface area contributed by atoms with Crippen molar-refractivity contribution in [2.75, 3.05) is 26.2 Å². The quantitative estimate of drug-likeness (QED) is 0.763. The van der Waals surface area contributed by atoms with E-state index in [9.17, 15) is 9.59 Å². The van der Waals surface area contributed by atoms with E-state index >= 15 is 0 Å². The van der Waals surface area contributed by atoms with Gasteiger partial charge in [0.15, 0.2) is 0 Å². The highest BCUT2D eigenvalue weighted by Gasteiger charge is 2.35. The summed E-state index contributed by atoms with van der Waals surface area (Å²) in [6.45, 7) is 4.17. The predicted octanol–water partition coefficient (Wildman–Crippen LogP) is 0.167. The van der Waals surface area contributed by atoms with Gasteiger partial charge in [-0.1, -0.05) is 0 Å². The van der Waals surface area contributed by atoms with Crippen molar-refractivity contribution < 1.29 is 14.3 Å². The highest BCUT2D eigenvalue weighted by molar-refractivity contribution is 5.79. The van der Waals surface area contributed by atoms with Gasteiger partial charge in [0.2, 0.25) is 5.91 Å². The van der Waals surface area contributed by atoms with Gasteiger partial charge in [-0.15, -0.1) is 0 Å². The average molecular weight is 255 g/mol. The van der Waals surface area contributed by atoms with Crippen LogP contribution in [0.2, 0.25) is 0 Å². The zero-order valence-corrected chi connectivity index (χ0v) is 10.8. The van der Waals surface area contributed by atoms with Gasteiger partial charge in [-0.05, 0) is 19.8 Å². The first-order chi connectivity index (χ1) is 8.61. The topological polar surface area (TPSA) is 75.9 Å². The van der Waals surface area contributed by atoms with E-state index in [1.54, 1.807) is 11.8 Å². The fraction of sp³-hybridized carbons (Fsp3) is 0.833. The van der Waals surface area contributed by atoms with E-state index in [2.05, 4.69) is 0 Å². The SMILES string of the molecule is CCOC(=O)N1CCC(N2CC(N)CC2=O)CC1. The summed E-state index contributed by atoms with van der Waals surface area (Å²) in [6, 6.07) is 0.206. The molecule has 2 N–H and O–H groups in total. The molecule has 0 aliphatic carbocycles. The number of likely N-dealkylation sites (tertiary alicyclic amines) is 2. The van der Waals surface area contributed by atoms with Gasteiger partial charge in [0.05, 0.1) is 6.61 Å². The van der Waals surface area contributed by atoms with E-state index in [1.165, 1.54) is 0 Å². The summed E-state index contributed by atoms with van der Waals surface area (Å²) in [7, 11) is 0. The first kappa shape index (κ1) is 13.1. The van der Waals surface area contributed by atoms with Gasteiger partial charge in [-0.3, -0.25) is 4.79 Å². The molecule has 0 aromatic carbocycles. The molecule has 102 valence electrons. The molecule has 18 heavy (non-hydrogen) atoms. The third-order valence-electron chi connectivity index (χ3n) is 3.62. The Morgan fingerprint density at radius 2 is 2.11 bits per heavy atom. The Hall–Kier alpha value is -1.30. The maximum absolute atomic E-state index is 11.7. The van der Waals surface area contributed by atoms with Crippen molar-refractivity contribution in [2.45, 2.75) is 38.3 Å². The first-order valence-corrected chi connectivity index (χ1v) is 6.58. The predicted molar refractivity (Wildman–Crippen MR) is 65.9 cm³/mol. The van der Waals surface area contributed by atoms with Gasteiger partial charge in [0, 0.05) is 38.1 Å². The van der Waals surface area contributed by atoms with Gasteiger partial charge in [0.25, 0.3) is 0 Å². The van der Waals surface area contributed by atoms with Crippen molar-refractivity contribution in [3.63, 3.8) is 0 Å². The molecule has 2 rings (SSSR count). The Balaban J connectivity index is 1.83. The zero-order valence-electron chi connectivity index (χ0n) is 10.8. The highest BCUT2D eigenvalue weighted by atomic mass is 16.6. The number of nitrogens with two attached hydrogens (primary N) is 1. The lowest BCUT2D eigenvalue weighted by molar-refractivity contribution is -0.130. The Labute approximate surface area is 107 Å². The minimum atomic E-state index is -0.250. The van der Waals surface area contributed by atoms with E-state index < -0.39 is 0 Å². The van der Waals surface area contributed by atoms with Gasteiger partial charge < -0.3 is 20.3 Å². The summed E-state index contributed by atoms with van der Waals surface area (Å²) in [6.07, 6.45) is 1.84. The Bertz CT molecular complexity index is 327. The molecule has 2 aliphatic heterocycles. The molecule has 2 aliphatic rings. The van der Waals surface area contributed by atoms with Crippen LogP contribution in [-0.2, 0) is 9.53 Å². The van der Waals surface area contributed by atoms with Gasteiger partial charge in [-0.2, -0.15) is 0 Å². The maximum Gasteiger partial charge on any atom is 0.409 e. The molecule has 2 saturated heterocycles. The molecule has 0 spiro atoms. The van der Waals surface area contributed by atoms with Crippen molar-refractivity contribution in [1.29, 1.82) is 0 Å². The third kappa shape index (κ3) is 2.75. The smallest absolute Gasteiger partial charge is 0.409 e. The van der Waals surface area contributed by atoms with Crippen molar-refractivity contribution >= 4 is 12.0 Å². The van der Waals surface area contributed by atoms with Gasteiger partial charge in [0.1, 0.15) is 0 Å². The molecular formula is C12H21N3O3. The van der Waals surface area contributed by atoms with Crippen LogP contribution < -0.4 is 5.73 Å². The van der Waals surface area contributed by atoms with Crippen LogP contribution in [0.25, 0.3) is 0 Å². The Morgan fingerprint density at radius 1 is 1.44 bits per heavy atom. The second-order valence-corrected chi connectivity index (χ2v) is 4.93. The highest BCUT2D eigenvalue weighted by Crippen LogP contribution is 2.22. The summed E-state index contributed by atoms with van der Waals surface area (Å²) in [5.41, 5.74) is 5.79. The molecule has 0 bridgehead atoms. The van der Waals surface area contributed by atoms with E-state index in [-0.39, 0.29) is 24.1 Å². The minimum Gasteiger partial charge on any atom is -0.450 e. The summed E-state index contributed by atoms with van der Waals surface area (Å²) in [4.78, 5) is 26.9. The fourth-order valence-electron chi connectivity index (χ4n) is 2.69. The number of ether oxygens (including phenoxy) is 1. The molecule has 2 fully saturated rings. The number of rotatable bonds is 2. The zero-order chi connectivity index (χ0) is 13.1. The van der Waals surface area contributed by atoms with Crippen molar-refractivity contribution in [1.82, 2.24) is 9.80 Å². The summed E-state index contributed by atoms with van der Waals surface area (Å²) >= 11 is 0. The van der Waals surface area contributed by atoms with Crippen LogP contribution in [0.4, 0.5) is 4.79 Å². The lowest BCUT2D eigenvalue weighted by Crippen LogP contribution is -2.47. The van der Waals surface area contributed by atoms with Crippen molar-refractivity contribution in [2.24, 2.45) is 5.73 Å². The summed E-state index contributed by atoms with van der Waals surface area (Å²) in [5.74, 6) is 0.150. The number of carbonyl (C=O) groups excluding carboxylic acids is 2.